The number of aryl methyl sites for hydroxylation is 1. The smallest absolute Gasteiger partial charge is 0.338 e. The largest absolute Gasteiger partial charge is 0.463 e. The lowest BCUT2D eigenvalue weighted by molar-refractivity contribution is -0.139. The summed E-state index contributed by atoms with van der Waals surface area (Å²) in [5.41, 5.74) is 2.78. The van der Waals surface area contributed by atoms with Crippen LogP contribution in [0.2, 0.25) is 0 Å². The van der Waals surface area contributed by atoms with E-state index in [9.17, 15) is 18.4 Å². The number of fused-ring (bicyclic) bond motifs is 1. The van der Waals surface area contributed by atoms with E-state index in [-0.39, 0.29) is 18.8 Å². The molecule has 8 nitrogen and oxygen atoms in total. The second kappa shape index (κ2) is 9.42. The molecule has 0 bridgehead atoms. The molecule has 0 saturated heterocycles. The Kier molecular flexibility index (Phi) is 6.40. The molecule has 2 heterocycles. The Labute approximate surface area is 194 Å². The highest BCUT2D eigenvalue weighted by molar-refractivity contribution is 5.96. The van der Waals surface area contributed by atoms with E-state index in [0.717, 1.165) is 23.3 Å². The van der Waals surface area contributed by atoms with Gasteiger partial charge in [0.25, 0.3) is 0 Å². The molecule has 1 aromatic heterocycles. The van der Waals surface area contributed by atoms with Crippen LogP contribution in [0.3, 0.4) is 0 Å². The molecule has 10 heteroatoms. The molecule has 1 aliphatic heterocycles. The maximum absolute atomic E-state index is 13.5. The molecule has 4 rings (SSSR count). The summed E-state index contributed by atoms with van der Waals surface area (Å²) in [5.74, 6) is -2.77. The van der Waals surface area contributed by atoms with Crippen molar-refractivity contribution in [2.45, 2.75) is 26.8 Å². The minimum absolute atomic E-state index is 0.104. The molecule has 0 radical (unpaired) electrons. The summed E-state index contributed by atoms with van der Waals surface area (Å²) in [6, 6.07) is 10.2. The van der Waals surface area contributed by atoms with Crippen molar-refractivity contribution in [1.82, 2.24) is 14.8 Å². The molecule has 0 fully saturated rings. The van der Waals surface area contributed by atoms with E-state index in [0.29, 0.717) is 17.2 Å². The van der Waals surface area contributed by atoms with Crippen molar-refractivity contribution < 1.29 is 23.1 Å². The number of nitrogens with zero attached hydrogens (tertiary/aromatic N) is 4. The standard InChI is InChI=1S/C24H23F2N5O3/c1-4-34-23(33)21-15(3)30(12-20(32)29-17-9-10-18(25)19(26)11-17)24-27-13-28-31(24)22(21)16-7-5-14(2)6-8-16/h5-11,13,22H,4,12H2,1-3H3,(H,29,32)/t22-/m1/s1. The fourth-order valence-corrected chi connectivity index (χ4v) is 3.87. The lowest BCUT2D eigenvalue weighted by Gasteiger charge is -2.35. The number of benzene rings is 2. The number of nitrogens with one attached hydrogen (secondary N) is 1. The normalized spacial score (nSPS) is 15.2. The zero-order valence-corrected chi connectivity index (χ0v) is 18.9. The summed E-state index contributed by atoms with van der Waals surface area (Å²) >= 11 is 0. The molecule has 0 saturated carbocycles. The summed E-state index contributed by atoms with van der Waals surface area (Å²) < 4.78 is 33.6. The van der Waals surface area contributed by atoms with E-state index in [1.807, 2.05) is 31.2 Å². The van der Waals surface area contributed by atoms with Gasteiger partial charge in [0, 0.05) is 17.5 Å². The van der Waals surface area contributed by atoms with E-state index in [2.05, 4.69) is 15.4 Å². The summed E-state index contributed by atoms with van der Waals surface area (Å²) in [5, 5.41) is 6.86. The molecule has 1 aliphatic rings. The van der Waals surface area contributed by atoms with Crippen LogP contribution in [0.5, 0.6) is 0 Å². The van der Waals surface area contributed by atoms with Gasteiger partial charge in [-0.15, -0.1) is 0 Å². The molecule has 1 N–H and O–H groups in total. The highest BCUT2D eigenvalue weighted by Gasteiger charge is 2.38. The van der Waals surface area contributed by atoms with Crippen molar-refractivity contribution in [3.05, 3.63) is 82.8 Å². The van der Waals surface area contributed by atoms with Crippen LogP contribution in [0.4, 0.5) is 20.4 Å². The van der Waals surface area contributed by atoms with Gasteiger partial charge in [-0.1, -0.05) is 29.8 Å². The van der Waals surface area contributed by atoms with Crippen molar-refractivity contribution in [3.63, 3.8) is 0 Å². The monoisotopic (exact) mass is 467 g/mol. The Balaban J connectivity index is 1.71. The molecule has 2 aromatic carbocycles. The fraction of sp³-hybridized carbons (Fsp3) is 0.250. The van der Waals surface area contributed by atoms with Crippen LogP contribution in [0, 0.1) is 18.6 Å². The zero-order chi connectivity index (χ0) is 24.4. The lowest BCUT2D eigenvalue weighted by atomic mass is 9.94. The van der Waals surface area contributed by atoms with Gasteiger partial charge in [-0.05, 0) is 38.5 Å². The van der Waals surface area contributed by atoms with Crippen molar-refractivity contribution in [3.8, 4) is 0 Å². The first-order valence-electron chi connectivity index (χ1n) is 10.7. The van der Waals surface area contributed by atoms with Gasteiger partial charge < -0.3 is 15.0 Å². The number of allylic oxidation sites excluding steroid dienone is 1. The Morgan fingerprint density at radius 2 is 1.82 bits per heavy atom. The number of carbonyl (C=O) groups is 2. The Morgan fingerprint density at radius 1 is 1.09 bits per heavy atom. The van der Waals surface area contributed by atoms with Crippen LogP contribution in [-0.4, -0.2) is 39.8 Å². The predicted octanol–water partition coefficient (Wildman–Crippen LogP) is 3.75. The van der Waals surface area contributed by atoms with E-state index < -0.39 is 29.6 Å². The highest BCUT2D eigenvalue weighted by Crippen LogP contribution is 2.38. The Bertz CT molecular complexity index is 1270. The fourth-order valence-electron chi connectivity index (χ4n) is 3.87. The molecule has 176 valence electrons. The molecular weight excluding hydrogens is 444 g/mol. The van der Waals surface area contributed by atoms with E-state index in [4.69, 9.17) is 4.74 Å². The molecule has 1 atom stereocenters. The first kappa shape index (κ1) is 23.1. The number of carbonyl (C=O) groups excluding carboxylic acids is 2. The third-order valence-electron chi connectivity index (χ3n) is 5.50. The number of anilines is 2. The Hall–Kier alpha value is -4.08. The summed E-state index contributed by atoms with van der Waals surface area (Å²) in [7, 11) is 0. The van der Waals surface area contributed by atoms with Gasteiger partial charge in [0.2, 0.25) is 11.9 Å². The molecule has 0 aliphatic carbocycles. The van der Waals surface area contributed by atoms with Crippen molar-refractivity contribution in [2.75, 3.05) is 23.4 Å². The van der Waals surface area contributed by atoms with Gasteiger partial charge in [-0.25, -0.2) is 18.3 Å². The third-order valence-corrected chi connectivity index (χ3v) is 5.50. The maximum Gasteiger partial charge on any atom is 0.338 e. The van der Waals surface area contributed by atoms with Gasteiger partial charge in [-0.2, -0.15) is 10.1 Å². The van der Waals surface area contributed by atoms with Crippen LogP contribution in [0.25, 0.3) is 0 Å². The van der Waals surface area contributed by atoms with Crippen molar-refractivity contribution in [2.24, 2.45) is 0 Å². The van der Waals surface area contributed by atoms with Gasteiger partial charge in [0.15, 0.2) is 11.6 Å². The summed E-state index contributed by atoms with van der Waals surface area (Å²) in [6.45, 7) is 5.32. The van der Waals surface area contributed by atoms with Gasteiger partial charge in [-0.3, -0.25) is 4.79 Å². The van der Waals surface area contributed by atoms with Crippen LogP contribution in [-0.2, 0) is 14.3 Å². The molecule has 1 amide bonds. The van der Waals surface area contributed by atoms with E-state index >= 15 is 0 Å². The van der Waals surface area contributed by atoms with E-state index in [1.165, 1.54) is 12.4 Å². The van der Waals surface area contributed by atoms with E-state index in [1.54, 1.807) is 23.4 Å². The third kappa shape index (κ3) is 4.39. The van der Waals surface area contributed by atoms with Gasteiger partial charge in [0.1, 0.15) is 18.9 Å². The van der Waals surface area contributed by atoms with Crippen LogP contribution in [0.15, 0.2) is 60.1 Å². The predicted molar refractivity (Wildman–Crippen MR) is 121 cm³/mol. The van der Waals surface area contributed by atoms with Crippen LogP contribution < -0.4 is 10.2 Å². The Morgan fingerprint density at radius 3 is 2.50 bits per heavy atom. The summed E-state index contributed by atoms with van der Waals surface area (Å²) in [6.07, 6.45) is 1.35. The second-order valence-electron chi connectivity index (χ2n) is 7.80. The van der Waals surface area contributed by atoms with Gasteiger partial charge in [0.05, 0.1) is 12.2 Å². The number of hydrogen-bond donors (Lipinski definition) is 1. The molecule has 34 heavy (non-hydrogen) atoms. The highest BCUT2D eigenvalue weighted by atomic mass is 19.2. The number of amides is 1. The molecule has 0 spiro atoms. The molecular formula is C24H23F2N5O3. The average Bonchev–Trinajstić information content (AvgIpc) is 3.28. The van der Waals surface area contributed by atoms with Gasteiger partial charge >= 0.3 is 5.97 Å². The number of rotatable bonds is 6. The number of halogens is 2. The molecule has 3 aromatic rings. The van der Waals surface area contributed by atoms with Crippen molar-refractivity contribution >= 4 is 23.5 Å². The lowest BCUT2D eigenvalue weighted by Crippen LogP contribution is -2.40. The van der Waals surface area contributed by atoms with Crippen molar-refractivity contribution in [1.29, 1.82) is 0 Å². The quantitative estimate of drug-likeness (QED) is 0.556. The zero-order valence-electron chi connectivity index (χ0n) is 18.9. The average molecular weight is 467 g/mol. The second-order valence-corrected chi connectivity index (χ2v) is 7.80. The first-order chi connectivity index (χ1) is 16.3. The topological polar surface area (TPSA) is 89.3 Å². The first-order valence-corrected chi connectivity index (χ1v) is 10.7. The van der Waals surface area contributed by atoms with Crippen LogP contribution >= 0.6 is 0 Å². The number of esters is 1. The number of aromatic nitrogens is 3. The minimum Gasteiger partial charge on any atom is -0.463 e. The van der Waals surface area contributed by atoms with Crippen LogP contribution in [0.1, 0.15) is 31.0 Å². The molecule has 0 unspecified atom stereocenters. The number of ether oxygens (including phenoxy) is 1. The number of hydrogen-bond acceptors (Lipinski definition) is 6. The summed E-state index contributed by atoms with van der Waals surface area (Å²) in [4.78, 5) is 31.7. The maximum atomic E-state index is 13.5. The minimum atomic E-state index is -1.07. The SMILES string of the molecule is CCOC(=O)C1=C(C)N(CC(=O)Nc2ccc(F)c(F)c2)c2ncnn2[C@@H]1c1ccc(C)cc1.